The van der Waals surface area contributed by atoms with Gasteiger partial charge in [-0.2, -0.15) is 0 Å². The maximum Gasteiger partial charge on any atom is 0.303 e. The fourth-order valence-corrected chi connectivity index (χ4v) is 8.13. The van der Waals surface area contributed by atoms with Gasteiger partial charge in [-0.1, -0.05) is 36.4 Å². The molecule has 3 heterocycles. The van der Waals surface area contributed by atoms with Crippen LogP contribution in [0.3, 0.4) is 0 Å². The molecule has 0 aliphatic carbocycles. The summed E-state index contributed by atoms with van der Waals surface area (Å²) in [6.45, 7) is 10.1. The molecular weight excluding hydrogens is 734 g/mol. The molecule has 2 aromatic rings. The van der Waals surface area contributed by atoms with E-state index in [9.17, 15) is 29.1 Å². The maximum absolute atomic E-state index is 13.3. The zero-order chi connectivity index (χ0) is 41.7. The number of carbonyl (C=O) groups is 5. The van der Waals surface area contributed by atoms with Gasteiger partial charge < -0.3 is 43.9 Å². The van der Waals surface area contributed by atoms with E-state index in [0.29, 0.717) is 50.8 Å². The molecule has 3 aliphatic heterocycles. The van der Waals surface area contributed by atoms with Gasteiger partial charge in [0.15, 0.2) is 17.8 Å². The first-order chi connectivity index (χ1) is 26.9. The van der Waals surface area contributed by atoms with Gasteiger partial charge in [-0.05, 0) is 102 Å². The Hall–Kier alpha value is -4.37. The number of nitrogens with one attached hydrogen (secondary N) is 1. The number of amides is 2. The average molecular weight is 794 g/mol. The highest BCUT2D eigenvalue weighted by atomic mass is 16.8. The van der Waals surface area contributed by atoms with Crippen molar-refractivity contribution in [3.8, 4) is 0 Å². The number of rotatable bonds is 15. The number of aliphatic hydroxyl groups is 1. The Bertz CT molecular complexity index is 1790. The van der Waals surface area contributed by atoms with Crippen LogP contribution in [-0.4, -0.2) is 121 Å². The first kappa shape index (κ1) is 43.7. The Morgan fingerprint density at radius 1 is 0.930 bits per heavy atom. The van der Waals surface area contributed by atoms with Crippen molar-refractivity contribution in [2.45, 2.75) is 128 Å². The normalized spacial score (nSPS) is 25.8. The van der Waals surface area contributed by atoms with Gasteiger partial charge in [-0.25, -0.2) is 0 Å². The molecule has 0 radical (unpaired) electrons. The summed E-state index contributed by atoms with van der Waals surface area (Å²) in [7, 11) is 3.91. The van der Waals surface area contributed by atoms with Crippen LogP contribution in [0.1, 0.15) is 94.5 Å². The fraction of sp³-hybridized carbons (Fsp3) is 0.605. The molecule has 3 aliphatic rings. The predicted molar refractivity (Wildman–Crippen MR) is 209 cm³/mol. The van der Waals surface area contributed by atoms with Gasteiger partial charge in [0.2, 0.25) is 23.7 Å². The van der Waals surface area contributed by atoms with Gasteiger partial charge in [0.1, 0.15) is 6.04 Å². The number of hydrogen-bond donors (Lipinski definition) is 2. The van der Waals surface area contributed by atoms with Crippen molar-refractivity contribution in [3.05, 3.63) is 70.3 Å². The van der Waals surface area contributed by atoms with E-state index in [1.807, 2.05) is 50.2 Å². The van der Waals surface area contributed by atoms with Crippen LogP contribution in [0.5, 0.6) is 0 Å². The van der Waals surface area contributed by atoms with Crippen LogP contribution in [0.15, 0.2) is 42.5 Å². The van der Waals surface area contributed by atoms with E-state index < -0.39 is 59.3 Å². The number of ether oxygens (including phenoxy) is 5. The van der Waals surface area contributed by atoms with E-state index in [2.05, 4.69) is 17.4 Å². The molecule has 14 heteroatoms. The van der Waals surface area contributed by atoms with Crippen LogP contribution in [0.4, 0.5) is 0 Å². The van der Waals surface area contributed by atoms with E-state index in [1.54, 1.807) is 11.0 Å². The number of benzene rings is 2. The predicted octanol–water partition coefficient (Wildman–Crippen LogP) is 3.49. The fourth-order valence-electron chi connectivity index (χ4n) is 8.13. The van der Waals surface area contributed by atoms with Crippen molar-refractivity contribution in [1.82, 2.24) is 15.1 Å². The molecule has 0 aromatic heterocycles. The lowest BCUT2D eigenvalue weighted by Crippen LogP contribution is -2.72. The number of likely N-dealkylation sites (tertiary alicyclic amines) is 1. The van der Waals surface area contributed by atoms with E-state index in [1.165, 1.54) is 34.6 Å². The minimum Gasteiger partial charge on any atom is -0.455 e. The third kappa shape index (κ3) is 9.85. The number of likely N-dealkylation sites (N-methyl/N-ethyl adjacent to an activating group) is 1. The van der Waals surface area contributed by atoms with Crippen LogP contribution in [0.2, 0.25) is 0 Å². The molecule has 3 saturated heterocycles. The highest BCUT2D eigenvalue weighted by molar-refractivity contribution is 5.87. The molecule has 2 bridgehead atoms. The highest BCUT2D eigenvalue weighted by Gasteiger charge is 2.75. The third-order valence-electron chi connectivity index (χ3n) is 11.2. The second-order valence-corrected chi connectivity index (χ2v) is 16.3. The summed E-state index contributed by atoms with van der Waals surface area (Å²) in [5.41, 5.74) is 1.07. The van der Waals surface area contributed by atoms with E-state index >= 15 is 0 Å². The molecule has 5 rings (SSSR count). The van der Waals surface area contributed by atoms with Crippen molar-refractivity contribution in [2.24, 2.45) is 0 Å². The standard InChI is InChI=1S/C43H59N3O11/c1-27-15-20-34(43-39(56-30(4)49)37(54-28(2)47)38(55-29(3)48)42(57-43,26-53-43)41(5,6)52)25-33(27)24-32-18-16-31(17-19-32)12-11-14-36(50)46-22-10-9-13-35(46)40(51)44-21-23-45(7)8/h15-20,25,35,37-39,52H,9-14,21-24,26H2,1-8H3,(H,44,51)/t35-,37-,38-,39+,42-,43-/m0/s1. The van der Waals surface area contributed by atoms with Crippen LogP contribution in [0.25, 0.3) is 0 Å². The Morgan fingerprint density at radius 2 is 1.58 bits per heavy atom. The molecule has 2 amide bonds. The van der Waals surface area contributed by atoms with E-state index in [4.69, 9.17) is 23.7 Å². The molecule has 312 valence electrons. The highest BCUT2D eigenvalue weighted by Crippen LogP contribution is 2.56. The maximum atomic E-state index is 13.3. The summed E-state index contributed by atoms with van der Waals surface area (Å²) < 4.78 is 30.3. The first-order valence-corrected chi connectivity index (χ1v) is 19.8. The zero-order valence-electron chi connectivity index (χ0n) is 34.6. The third-order valence-corrected chi connectivity index (χ3v) is 11.2. The molecule has 6 atom stereocenters. The lowest BCUT2D eigenvalue weighted by atomic mass is 9.74. The van der Waals surface area contributed by atoms with Crippen molar-refractivity contribution in [3.63, 3.8) is 0 Å². The number of esters is 3. The van der Waals surface area contributed by atoms with Crippen molar-refractivity contribution < 1.29 is 52.8 Å². The summed E-state index contributed by atoms with van der Waals surface area (Å²) in [6, 6.07) is 13.3. The number of carbonyl (C=O) groups excluding carboxylic acids is 5. The lowest BCUT2D eigenvalue weighted by molar-refractivity contribution is -0.350. The minimum atomic E-state index is -1.84. The van der Waals surface area contributed by atoms with E-state index in [0.717, 1.165) is 41.6 Å². The topological polar surface area (TPSA) is 170 Å². The first-order valence-electron chi connectivity index (χ1n) is 19.8. The average Bonchev–Trinajstić information content (AvgIpc) is 3.52. The smallest absolute Gasteiger partial charge is 0.303 e. The van der Waals surface area contributed by atoms with Crippen molar-refractivity contribution >= 4 is 29.7 Å². The summed E-state index contributed by atoms with van der Waals surface area (Å²) in [4.78, 5) is 67.4. The van der Waals surface area contributed by atoms with Crippen LogP contribution in [-0.2, 0) is 66.3 Å². The number of nitrogens with zero attached hydrogens (tertiary/aromatic N) is 2. The Kier molecular flexibility index (Phi) is 13.9. The van der Waals surface area contributed by atoms with Gasteiger partial charge in [-0.3, -0.25) is 24.0 Å². The van der Waals surface area contributed by atoms with Crippen molar-refractivity contribution in [2.75, 3.05) is 40.3 Å². The largest absolute Gasteiger partial charge is 0.455 e. The summed E-state index contributed by atoms with van der Waals surface area (Å²) >= 11 is 0. The number of piperidine rings is 1. The Balaban J connectivity index is 1.31. The molecule has 2 aromatic carbocycles. The zero-order valence-corrected chi connectivity index (χ0v) is 34.6. The van der Waals surface area contributed by atoms with Gasteiger partial charge in [0.25, 0.3) is 0 Å². The van der Waals surface area contributed by atoms with Gasteiger partial charge >= 0.3 is 17.9 Å². The lowest BCUT2D eigenvalue weighted by Gasteiger charge is -2.52. The summed E-state index contributed by atoms with van der Waals surface area (Å²) in [5.74, 6) is -4.05. The monoisotopic (exact) mass is 793 g/mol. The second kappa shape index (κ2) is 18.0. The Labute approximate surface area is 335 Å². The molecule has 57 heavy (non-hydrogen) atoms. The summed E-state index contributed by atoms with van der Waals surface area (Å²) in [6.07, 6.45) is 0.607. The van der Waals surface area contributed by atoms with E-state index in [-0.39, 0.29) is 18.4 Å². The molecule has 3 fully saturated rings. The van der Waals surface area contributed by atoms with Crippen LogP contribution in [0, 0.1) is 6.92 Å². The Morgan fingerprint density at radius 3 is 2.21 bits per heavy atom. The SMILES string of the molecule is CC(=O)O[C@@H]1[C@@H](OC(C)=O)[C@@]2(c3ccc(C)c(Cc4ccc(CCCC(=O)N5CCCC[C@H]5C(=O)NCCN(C)C)cc4)c3)OC[C@](C(C)(C)O)(O2)[C@H]1OC(C)=O. The molecule has 0 unspecified atom stereocenters. The van der Waals surface area contributed by atoms with Crippen LogP contribution >= 0.6 is 0 Å². The number of fused-ring (bicyclic) bond motifs is 2. The molecule has 2 N–H and O–H groups in total. The quantitative estimate of drug-likeness (QED) is 0.199. The summed E-state index contributed by atoms with van der Waals surface area (Å²) in [5, 5.41) is 14.5. The number of aryl methyl sites for hydroxylation is 2. The van der Waals surface area contributed by atoms with Crippen molar-refractivity contribution in [1.29, 1.82) is 0 Å². The van der Waals surface area contributed by atoms with Gasteiger partial charge in [-0.15, -0.1) is 0 Å². The van der Waals surface area contributed by atoms with Gasteiger partial charge in [0.05, 0.1) is 12.2 Å². The molecular formula is C43H59N3O11. The molecule has 0 saturated carbocycles. The van der Waals surface area contributed by atoms with Crippen LogP contribution < -0.4 is 5.32 Å². The molecule has 14 nitrogen and oxygen atoms in total. The molecule has 0 spiro atoms. The second-order valence-electron chi connectivity index (χ2n) is 16.3. The van der Waals surface area contributed by atoms with Gasteiger partial charge in [0, 0.05) is 52.4 Å². The number of hydrogen-bond acceptors (Lipinski definition) is 12. The minimum absolute atomic E-state index is 0.0129.